The molecule has 2 aromatic rings. The molecule has 8 nitrogen and oxygen atoms in total. The Morgan fingerprint density at radius 3 is 2.56 bits per heavy atom. The molecule has 1 amide bonds. The predicted molar refractivity (Wildman–Crippen MR) is 118 cm³/mol. The van der Waals surface area contributed by atoms with Gasteiger partial charge >= 0.3 is 0 Å². The number of methoxy groups -OCH3 is 2. The molecule has 0 saturated heterocycles. The van der Waals surface area contributed by atoms with Gasteiger partial charge in [0.1, 0.15) is 0 Å². The third-order valence-electron chi connectivity index (χ3n) is 6.13. The number of carbonyl (C=O) groups is 2. The highest BCUT2D eigenvalue weighted by atomic mass is 16.6. The van der Waals surface area contributed by atoms with Crippen LogP contribution in [0.4, 0.5) is 11.4 Å². The van der Waals surface area contributed by atoms with E-state index >= 15 is 0 Å². The molecule has 4 rings (SSSR count). The summed E-state index contributed by atoms with van der Waals surface area (Å²) in [7, 11) is 3.07. The number of anilines is 1. The van der Waals surface area contributed by atoms with E-state index < -0.39 is 10.8 Å². The van der Waals surface area contributed by atoms with Gasteiger partial charge in [-0.1, -0.05) is 18.2 Å². The van der Waals surface area contributed by atoms with Gasteiger partial charge in [-0.05, 0) is 31.4 Å². The van der Waals surface area contributed by atoms with Crippen LogP contribution in [0.1, 0.15) is 42.7 Å². The highest BCUT2D eigenvalue weighted by molar-refractivity contribution is 6.08. The lowest BCUT2D eigenvalue weighted by Gasteiger charge is -2.39. The highest BCUT2D eigenvalue weighted by Gasteiger charge is 2.41. The number of para-hydroxylation sites is 1. The van der Waals surface area contributed by atoms with Crippen molar-refractivity contribution in [3.8, 4) is 11.5 Å². The molecule has 1 atom stereocenters. The minimum Gasteiger partial charge on any atom is -0.493 e. The first-order valence-electron chi connectivity index (χ1n) is 10.4. The van der Waals surface area contributed by atoms with Crippen molar-refractivity contribution in [2.24, 2.45) is 0 Å². The maximum atomic E-state index is 13.5. The number of carbonyl (C=O) groups excluding carboxylic acids is 2. The molecule has 166 valence electrons. The van der Waals surface area contributed by atoms with Gasteiger partial charge in [-0.2, -0.15) is 0 Å². The molecule has 0 fully saturated rings. The van der Waals surface area contributed by atoms with Crippen LogP contribution in [0.15, 0.2) is 47.7 Å². The van der Waals surface area contributed by atoms with Crippen molar-refractivity contribution in [2.75, 3.05) is 19.1 Å². The van der Waals surface area contributed by atoms with Gasteiger partial charge in [-0.15, -0.1) is 0 Å². The fraction of sp³-hybridized carbons (Fsp3) is 0.333. The van der Waals surface area contributed by atoms with Gasteiger partial charge < -0.3 is 9.47 Å². The fourth-order valence-corrected chi connectivity index (χ4v) is 4.68. The van der Waals surface area contributed by atoms with Gasteiger partial charge in [0, 0.05) is 47.7 Å². The smallest absolute Gasteiger partial charge is 0.271 e. The van der Waals surface area contributed by atoms with Crippen LogP contribution in [-0.2, 0) is 9.59 Å². The third kappa shape index (κ3) is 3.51. The van der Waals surface area contributed by atoms with E-state index in [4.69, 9.17) is 9.47 Å². The van der Waals surface area contributed by atoms with E-state index in [2.05, 4.69) is 0 Å². The first kappa shape index (κ1) is 21.5. The van der Waals surface area contributed by atoms with Crippen LogP contribution in [0.5, 0.6) is 11.5 Å². The Morgan fingerprint density at radius 1 is 1.09 bits per heavy atom. The van der Waals surface area contributed by atoms with Crippen molar-refractivity contribution < 1.29 is 24.0 Å². The molecular weight excluding hydrogens is 412 g/mol. The number of hydrogen-bond acceptors (Lipinski definition) is 6. The fourth-order valence-electron chi connectivity index (χ4n) is 4.68. The Morgan fingerprint density at radius 2 is 1.88 bits per heavy atom. The summed E-state index contributed by atoms with van der Waals surface area (Å²) in [5.74, 6) is 0.335. The van der Waals surface area contributed by atoms with Crippen LogP contribution in [-0.4, -0.2) is 30.8 Å². The van der Waals surface area contributed by atoms with Crippen molar-refractivity contribution in [1.29, 1.82) is 0 Å². The van der Waals surface area contributed by atoms with Crippen LogP contribution in [0.2, 0.25) is 0 Å². The zero-order chi connectivity index (χ0) is 23.0. The number of non-ortho nitro benzene ring substituents is 1. The van der Waals surface area contributed by atoms with Gasteiger partial charge in [0.15, 0.2) is 17.3 Å². The summed E-state index contributed by atoms with van der Waals surface area (Å²) in [6.45, 7) is 1.80. The second-order valence-corrected chi connectivity index (χ2v) is 7.93. The van der Waals surface area contributed by atoms with Gasteiger partial charge in [0.05, 0.1) is 24.8 Å². The quantitative estimate of drug-likeness (QED) is 0.507. The number of hydrogen-bond donors (Lipinski definition) is 0. The monoisotopic (exact) mass is 436 g/mol. The number of nitro groups is 1. The maximum Gasteiger partial charge on any atom is 0.271 e. The minimum absolute atomic E-state index is 0.0123. The largest absolute Gasteiger partial charge is 0.493 e. The SMILES string of the molecule is COc1cccc(C2CC(=O)N(c3cc([N+](=O)[O-])ccc3C)C3=C2C(=O)CCC3)c1OC. The number of nitrogens with zero attached hydrogens (tertiary/aromatic N) is 2. The molecule has 1 aliphatic heterocycles. The molecule has 1 aliphatic carbocycles. The van der Waals surface area contributed by atoms with Crippen molar-refractivity contribution in [3.63, 3.8) is 0 Å². The average molecular weight is 436 g/mol. The molecule has 2 aromatic carbocycles. The Bertz CT molecular complexity index is 1150. The minimum atomic E-state index is -0.484. The lowest BCUT2D eigenvalue weighted by Crippen LogP contribution is -2.41. The second kappa shape index (κ2) is 8.45. The van der Waals surface area contributed by atoms with Crippen molar-refractivity contribution in [1.82, 2.24) is 0 Å². The summed E-state index contributed by atoms with van der Waals surface area (Å²) in [6, 6.07) is 9.88. The molecule has 1 heterocycles. The van der Waals surface area contributed by atoms with Crippen molar-refractivity contribution >= 4 is 23.1 Å². The molecule has 32 heavy (non-hydrogen) atoms. The normalized spacial score (nSPS) is 18.5. The van der Waals surface area contributed by atoms with Crippen LogP contribution >= 0.6 is 0 Å². The molecule has 0 aromatic heterocycles. The number of amides is 1. The first-order valence-corrected chi connectivity index (χ1v) is 10.4. The first-order chi connectivity index (χ1) is 15.4. The lowest BCUT2D eigenvalue weighted by molar-refractivity contribution is -0.384. The van der Waals surface area contributed by atoms with Gasteiger partial charge in [-0.3, -0.25) is 24.6 Å². The predicted octanol–water partition coefficient (Wildman–Crippen LogP) is 4.45. The van der Waals surface area contributed by atoms with Crippen molar-refractivity contribution in [3.05, 3.63) is 68.9 Å². The third-order valence-corrected chi connectivity index (χ3v) is 6.13. The van der Waals surface area contributed by atoms with Crippen molar-refractivity contribution in [2.45, 2.75) is 38.5 Å². The topological polar surface area (TPSA) is 99.0 Å². The van der Waals surface area contributed by atoms with Crippen LogP contribution < -0.4 is 14.4 Å². The van der Waals surface area contributed by atoms with Gasteiger partial charge in [0.25, 0.3) is 5.69 Å². The summed E-state index contributed by atoms with van der Waals surface area (Å²) in [5, 5.41) is 11.3. The van der Waals surface area contributed by atoms with E-state index in [1.54, 1.807) is 19.1 Å². The van der Waals surface area contributed by atoms with E-state index in [0.717, 1.165) is 11.1 Å². The average Bonchev–Trinajstić information content (AvgIpc) is 2.78. The number of rotatable bonds is 5. The molecule has 2 aliphatic rings. The summed E-state index contributed by atoms with van der Waals surface area (Å²) in [4.78, 5) is 39.0. The Labute approximate surface area is 185 Å². The summed E-state index contributed by atoms with van der Waals surface area (Å²) >= 11 is 0. The molecule has 1 unspecified atom stereocenters. The summed E-state index contributed by atoms with van der Waals surface area (Å²) in [5.41, 5.74) is 3.00. The summed E-state index contributed by atoms with van der Waals surface area (Å²) in [6.07, 6.45) is 1.61. The lowest BCUT2D eigenvalue weighted by atomic mass is 9.76. The Balaban J connectivity index is 1.92. The van der Waals surface area contributed by atoms with E-state index in [-0.39, 0.29) is 23.8 Å². The molecule has 0 bridgehead atoms. The standard InChI is InChI=1S/C24H24N2O6/c1-14-10-11-15(26(29)30)12-19(14)25-18-7-5-8-20(27)23(18)17(13-22(25)28)16-6-4-9-21(31-2)24(16)32-3/h4,6,9-12,17H,5,7-8,13H2,1-3H3. The highest BCUT2D eigenvalue weighted by Crippen LogP contribution is 2.48. The molecule has 0 N–H and O–H groups in total. The molecule has 8 heteroatoms. The Kier molecular flexibility index (Phi) is 5.69. The number of aryl methyl sites for hydroxylation is 1. The van der Waals surface area contributed by atoms with E-state index in [0.29, 0.717) is 47.7 Å². The number of ketones is 1. The number of benzene rings is 2. The number of nitro benzene ring substituents is 1. The molecule has 0 radical (unpaired) electrons. The van der Waals surface area contributed by atoms with Crippen LogP contribution in [0.3, 0.4) is 0 Å². The number of allylic oxidation sites excluding steroid dienone is 2. The molecule has 0 saturated carbocycles. The molecule has 0 spiro atoms. The molecular formula is C24H24N2O6. The second-order valence-electron chi connectivity index (χ2n) is 7.93. The van der Waals surface area contributed by atoms with Crippen LogP contribution in [0, 0.1) is 17.0 Å². The number of ether oxygens (including phenoxy) is 2. The van der Waals surface area contributed by atoms with E-state index in [9.17, 15) is 19.7 Å². The van der Waals surface area contributed by atoms with Crippen LogP contribution in [0.25, 0.3) is 0 Å². The maximum absolute atomic E-state index is 13.5. The van der Waals surface area contributed by atoms with Gasteiger partial charge in [-0.25, -0.2) is 0 Å². The Hall–Kier alpha value is -3.68. The number of Topliss-reactive ketones (excluding diaryl/α,β-unsaturated/α-hetero) is 1. The van der Waals surface area contributed by atoms with Gasteiger partial charge in [0.2, 0.25) is 5.91 Å². The zero-order valence-electron chi connectivity index (χ0n) is 18.2. The van der Waals surface area contributed by atoms with E-state index in [1.165, 1.54) is 31.3 Å². The van der Waals surface area contributed by atoms with E-state index in [1.807, 2.05) is 12.1 Å². The summed E-state index contributed by atoms with van der Waals surface area (Å²) < 4.78 is 11.0. The zero-order valence-corrected chi connectivity index (χ0v) is 18.2.